The van der Waals surface area contributed by atoms with E-state index in [1.165, 1.54) is 60.4 Å². The summed E-state index contributed by atoms with van der Waals surface area (Å²) in [6.45, 7) is 4.47. The summed E-state index contributed by atoms with van der Waals surface area (Å²) in [6.07, 6.45) is 11.3. The molecule has 0 nitrogen and oxygen atoms in total. The van der Waals surface area contributed by atoms with Gasteiger partial charge in [-0.15, -0.1) is 0 Å². The van der Waals surface area contributed by atoms with E-state index in [0.29, 0.717) is 0 Å². The maximum atomic E-state index is 2.32. The average molecular weight is 460 g/mol. The Morgan fingerprint density at radius 3 is 0.914 bits per heavy atom. The topological polar surface area (TPSA) is 0 Å². The third-order valence-corrected chi connectivity index (χ3v) is 6.81. The van der Waals surface area contributed by atoms with E-state index in [1.807, 2.05) is 0 Å². The normalized spacial score (nSPS) is 11.1. The van der Waals surface area contributed by atoms with Crippen LogP contribution >= 0.6 is 0 Å². The molecule has 0 saturated carbocycles. The van der Waals surface area contributed by atoms with E-state index in [4.69, 9.17) is 0 Å². The van der Waals surface area contributed by atoms with E-state index in [2.05, 4.69) is 147 Å². The first-order valence-corrected chi connectivity index (χ1v) is 13.4. The van der Waals surface area contributed by atoms with Crippen LogP contribution in [0.1, 0.15) is 52.4 Å². The molecule has 0 radical (unpaired) electrons. The van der Waals surface area contributed by atoms with Crippen LogP contribution in [0.2, 0.25) is 0 Å². The predicted molar refractivity (Wildman–Crippen MR) is 158 cm³/mol. The molecule has 0 N–H and O–H groups in total. The Morgan fingerprint density at radius 2 is 0.686 bits per heavy atom. The van der Waals surface area contributed by atoms with E-state index in [0.717, 1.165) is 0 Å². The largest absolute Gasteiger partial charge is 0.195 e. The lowest BCUT2D eigenvalue weighted by Crippen LogP contribution is -2.74. The maximum Gasteiger partial charge on any atom is 0.108 e. The maximum absolute atomic E-state index is 2.32. The van der Waals surface area contributed by atoms with Crippen LogP contribution in [0.5, 0.6) is 0 Å². The first-order valence-electron chi connectivity index (χ1n) is 13.4. The van der Waals surface area contributed by atoms with Crippen LogP contribution in [-0.2, 0) is 0 Å². The van der Waals surface area contributed by atoms with Crippen LogP contribution in [0.25, 0.3) is 0 Å². The molecule has 35 heavy (non-hydrogen) atoms. The molecular weight excluding hydrogens is 419 g/mol. The number of benzene rings is 4. The number of hydrogen-bond acceptors (Lipinski definition) is 0. The highest BCUT2D eigenvalue weighted by Crippen LogP contribution is 2.09. The molecule has 180 valence electrons. The standard InChI is InChI=1S/C24H20B.C10H20/c1-5-13-21(14-6-1)25(22-15-7-2-8-16-22,23-17-9-3-10-18-23)24-19-11-4-12-20-24;1-3-5-7-9-10-8-6-4-2/h1-20H;9-10H,3-8H2,1-2H3/q-1;. The Hall–Kier alpha value is -3.32. The molecule has 0 aliphatic heterocycles. The summed E-state index contributed by atoms with van der Waals surface area (Å²) < 4.78 is 0. The highest BCUT2D eigenvalue weighted by Gasteiger charge is 2.30. The molecule has 0 saturated heterocycles. The van der Waals surface area contributed by atoms with Gasteiger partial charge in [-0.25, -0.2) is 0 Å². The van der Waals surface area contributed by atoms with Crippen molar-refractivity contribution >= 4 is 28.0 Å². The van der Waals surface area contributed by atoms with Crippen LogP contribution in [0.4, 0.5) is 0 Å². The first-order chi connectivity index (χ1) is 17.3. The van der Waals surface area contributed by atoms with Crippen molar-refractivity contribution < 1.29 is 0 Å². The van der Waals surface area contributed by atoms with Crippen LogP contribution < -0.4 is 21.9 Å². The molecule has 0 spiro atoms. The van der Waals surface area contributed by atoms with E-state index in [9.17, 15) is 0 Å². The molecular formula is C34H40B-. The van der Waals surface area contributed by atoms with Crippen molar-refractivity contribution in [2.75, 3.05) is 0 Å². The molecule has 0 atom stereocenters. The van der Waals surface area contributed by atoms with Crippen molar-refractivity contribution in [3.8, 4) is 0 Å². The van der Waals surface area contributed by atoms with Gasteiger partial charge in [-0.2, -0.15) is 21.9 Å². The second-order valence-electron chi connectivity index (χ2n) is 9.26. The van der Waals surface area contributed by atoms with Gasteiger partial charge in [0.2, 0.25) is 0 Å². The van der Waals surface area contributed by atoms with E-state index in [-0.39, 0.29) is 0 Å². The van der Waals surface area contributed by atoms with Gasteiger partial charge in [0.1, 0.15) is 6.15 Å². The van der Waals surface area contributed by atoms with E-state index < -0.39 is 6.15 Å². The summed E-state index contributed by atoms with van der Waals surface area (Å²) in [4.78, 5) is 0. The highest BCUT2D eigenvalue weighted by molar-refractivity contribution is 7.19. The SMILES string of the molecule is CCCCC=CCCCC.c1ccc([B-](c2ccccc2)(c2ccccc2)c2ccccc2)cc1. The molecule has 1 heteroatoms. The van der Waals surface area contributed by atoms with Crippen LogP contribution in [0, 0.1) is 0 Å². The van der Waals surface area contributed by atoms with Crippen molar-refractivity contribution in [2.24, 2.45) is 0 Å². The molecule has 0 aliphatic rings. The molecule has 4 aromatic carbocycles. The zero-order valence-electron chi connectivity index (χ0n) is 21.5. The third-order valence-electron chi connectivity index (χ3n) is 6.81. The lowest BCUT2D eigenvalue weighted by Gasteiger charge is -2.44. The molecule has 4 rings (SSSR count). The quantitative estimate of drug-likeness (QED) is 0.136. The lowest BCUT2D eigenvalue weighted by atomic mass is 9.13. The summed E-state index contributed by atoms with van der Waals surface area (Å²) >= 11 is 0. The second-order valence-corrected chi connectivity index (χ2v) is 9.26. The fourth-order valence-corrected chi connectivity index (χ4v) is 5.00. The first kappa shape index (κ1) is 26.3. The number of unbranched alkanes of at least 4 members (excludes halogenated alkanes) is 4. The van der Waals surface area contributed by atoms with Gasteiger partial charge in [-0.3, -0.25) is 0 Å². The zero-order valence-corrected chi connectivity index (χ0v) is 21.5. The van der Waals surface area contributed by atoms with Crippen molar-refractivity contribution in [1.29, 1.82) is 0 Å². The number of allylic oxidation sites excluding steroid dienone is 2. The van der Waals surface area contributed by atoms with E-state index >= 15 is 0 Å². The molecule has 0 bridgehead atoms. The highest BCUT2D eigenvalue weighted by atomic mass is 14.1. The summed E-state index contributed by atoms with van der Waals surface area (Å²) in [5.74, 6) is 0. The van der Waals surface area contributed by atoms with Gasteiger partial charge in [0.25, 0.3) is 0 Å². The summed E-state index contributed by atoms with van der Waals surface area (Å²) in [5.41, 5.74) is 5.36. The van der Waals surface area contributed by atoms with Crippen molar-refractivity contribution in [1.82, 2.24) is 0 Å². The summed E-state index contributed by atoms with van der Waals surface area (Å²) in [7, 11) is 0. The van der Waals surface area contributed by atoms with E-state index in [1.54, 1.807) is 0 Å². The van der Waals surface area contributed by atoms with Crippen LogP contribution in [-0.4, -0.2) is 6.15 Å². The Morgan fingerprint density at radius 1 is 0.429 bits per heavy atom. The molecule has 0 fully saturated rings. The van der Waals surface area contributed by atoms with Crippen molar-refractivity contribution in [2.45, 2.75) is 52.4 Å². The van der Waals surface area contributed by atoms with Gasteiger partial charge >= 0.3 is 0 Å². The second kappa shape index (κ2) is 14.8. The van der Waals surface area contributed by atoms with Gasteiger partial charge in [-0.1, -0.05) is 173 Å². The molecule has 0 heterocycles. The van der Waals surface area contributed by atoms with Crippen molar-refractivity contribution in [3.63, 3.8) is 0 Å². The minimum absolute atomic E-state index is 1.22. The molecule has 4 aromatic rings. The van der Waals surface area contributed by atoms with Crippen LogP contribution in [0.3, 0.4) is 0 Å². The van der Waals surface area contributed by atoms with Gasteiger partial charge in [-0.05, 0) is 12.8 Å². The van der Waals surface area contributed by atoms with Gasteiger partial charge < -0.3 is 0 Å². The third kappa shape index (κ3) is 7.09. The summed E-state index contributed by atoms with van der Waals surface area (Å²) in [5, 5.41) is 0. The lowest BCUT2D eigenvalue weighted by molar-refractivity contribution is 0.793. The van der Waals surface area contributed by atoms with Crippen LogP contribution in [0.15, 0.2) is 133 Å². The Labute approximate surface area is 213 Å². The fraction of sp³-hybridized carbons (Fsp3) is 0.235. The smallest absolute Gasteiger partial charge is 0.108 e. The minimum atomic E-state index is -1.22. The van der Waals surface area contributed by atoms with Gasteiger partial charge in [0.05, 0.1) is 0 Å². The molecule has 0 unspecified atom stereocenters. The molecule has 0 amide bonds. The van der Waals surface area contributed by atoms with Gasteiger partial charge in [0.15, 0.2) is 0 Å². The molecule has 0 aliphatic carbocycles. The fourth-order valence-electron chi connectivity index (χ4n) is 5.00. The molecule has 0 aromatic heterocycles. The Kier molecular flexibility index (Phi) is 11.1. The monoisotopic (exact) mass is 459 g/mol. The summed E-state index contributed by atoms with van der Waals surface area (Å²) in [6, 6.07) is 43.5. The minimum Gasteiger partial charge on any atom is -0.195 e. The number of hydrogen-bond donors (Lipinski definition) is 0. The van der Waals surface area contributed by atoms with Gasteiger partial charge in [0, 0.05) is 0 Å². The van der Waals surface area contributed by atoms with Crippen molar-refractivity contribution in [3.05, 3.63) is 133 Å². The average Bonchev–Trinajstić information content (AvgIpc) is 2.94. The Bertz CT molecular complexity index is 913. The zero-order chi connectivity index (χ0) is 24.6. The number of rotatable bonds is 10. The predicted octanol–water partition coefficient (Wildman–Crippen LogP) is 6.99. The Balaban J connectivity index is 0.000000292.